The van der Waals surface area contributed by atoms with Crippen molar-refractivity contribution >= 4 is 23.8 Å². The summed E-state index contributed by atoms with van der Waals surface area (Å²) >= 11 is 1.18. The molecule has 11 nitrogen and oxygen atoms in total. The molecule has 194 valence electrons. The number of hydrogen-bond acceptors (Lipinski definition) is 9. The molecule has 1 aliphatic heterocycles. The average Bonchev–Trinajstić information content (AvgIpc) is 3.37. The number of aromatic nitrogens is 4. The fourth-order valence-corrected chi connectivity index (χ4v) is 4.68. The topological polar surface area (TPSA) is 129 Å². The average molecular weight is 525 g/mol. The third kappa shape index (κ3) is 6.02. The molecular weight excluding hydrogens is 496 g/mol. The van der Waals surface area contributed by atoms with Gasteiger partial charge in [0.1, 0.15) is 17.4 Å². The number of nitrogens with zero attached hydrogens (tertiary/aromatic N) is 4. The van der Waals surface area contributed by atoms with Crippen LogP contribution in [-0.2, 0) is 9.53 Å². The summed E-state index contributed by atoms with van der Waals surface area (Å²) in [6.45, 7) is 6.53. The Kier molecular flexibility index (Phi) is 8.62. The molecule has 0 aliphatic carbocycles. The van der Waals surface area contributed by atoms with Crippen molar-refractivity contribution in [3.8, 4) is 17.2 Å². The molecule has 3 aromatic rings. The SMILES string of the molecule is CCOC(=O)[C@@H]1/C(=C\Sc2nnnn2-c2ccccc2)NC(=O)N[C@H]1c1cc(OCC)ccc1OCC. The molecule has 12 heteroatoms. The molecule has 2 atom stereocenters. The number of urea groups is 1. The van der Waals surface area contributed by atoms with Gasteiger partial charge in [0, 0.05) is 11.3 Å². The molecule has 2 heterocycles. The maximum atomic E-state index is 13.2. The van der Waals surface area contributed by atoms with Crippen molar-refractivity contribution in [1.82, 2.24) is 30.8 Å². The largest absolute Gasteiger partial charge is 0.494 e. The minimum atomic E-state index is -0.887. The van der Waals surface area contributed by atoms with Gasteiger partial charge >= 0.3 is 12.0 Å². The van der Waals surface area contributed by atoms with Gasteiger partial charge < -0.3 is 24.8 Å². The predicted molar refractivity (Wildman–Crippen MR) is 136 cm³/mol. The lowest BCUT2D eigenvalue weighted by Gasteiger charge is -2.34. The number of nitrogens with one attached hydrogen (secondary N) is 2. The van der Waals surface area contributed by atoms with Gasteiger partial charge in [-0.25, -0.2) is 4.79 Å². The van der Waals surface area contributed by atoms with Gasteiger partial charge in [0.05, 0.1) is 31.5 Å². The lowest BCUT2D eigenvalue weighted by Crippen LogP contribution is -2.51. The number of benzene rings is 2. The Labute approximate surface area is 218 Å². The molecule has 0 unspecified atom stereocenters. The van der Waals surface area contributed by atoms with Crippen molar-refractivity contribution in [2.24, 2.45) is 5.92 Å². The quantitative estimate of drug-likeness (QED) is 0.302. The summed E-state index contributed by atoms with van der Waals surface area (Å²) in [6, 6.07) is 13.5. The molecule has 0 spiro atoms. The van der Waals surface area contributed by atoms with Crippen LogP contribution in [-0.4, -0.2) is 52.0 Å². The molecule has 1 saturated heterocycles. The normalized spacial score (nSPS) is 18.1. The van der Waals surface area contributed by atoms with Crippen LogP contribution in [0.4, 0.5) is 4.79 Å². The van der Waals surface area contributed by atoms with Gasteiger partial charge in [0.15, 0.2) is 0 Å². The van der Waals surface area contributed by atoms with E-state index in [2.05, 4.69) is 26.2 Å². The van der Waals surface area contributed by atoms with Crippen molar-refractivity contribution in [2.75, 3.05) is 19.8 Å². The lowest BCUT2D eigenvalue weighted by atomic mass is 9.88. The Bertz CT molecular complexity index is 1270. The number of tetrazole rings is 1. The van der Waals surface area contributed by atoms with Gasteiger partial charge in [-0.05, 0) is 66.9 Å². The Morgan fingerprint density at radius 2 is 1.86 bits per heavy atom. The van der Waals surface area contributed by atoms with Gasteiger partial charge in [0.2, 0.25) is 5.16 Å². The number of rotatable bonds is 10. The minimum Gasteiger partial charge on any atom is -0.494 e. The second-order valence-electron chi connectivity index (χ2n) is 7.77. The molecule has 2 amide bonds. The molecule has 0 bridgehead atoms. The van der Waals surface area contributed by atoms with E-state index < -0.39 is 24.0 Å². The maximum Gasteiger partial charge on any atom is 0.319 e. The van der Waals surface area contributed by atoms with Crippen LogP contribution in [0, 0.1) is 5.92 Å². The number of hydrogen-bond donors (Lipinski definition) is 2. The zero-order valence-corrected chi connectivity index (χ0v) is 21.5. The predicted octanol–water partition coefficient (Wildman–Crippen LogP) is 3.63. The monoisotopic (exact) mass is 524 g/mol. The molecule has 1 aromatic heterocycles. The number of thioether (sulfide) groups is 1. The molecule has 0 saturated carbocycles. The van der Waals surface area contributed by atoms with Crippen molar-refractivity contribution in [2.45, 2.75) is 32.0 Å². The summed E-state index contributed by atoms with van der Waals surface area (Å²) in [5, 5.41) is 19.7. The summed E-state index contributed by atoms with van der Waals surface area (Å²) in [5.74, 6) is -0.258. The number of esters is 1. The smallest absolute Gasteiger partial charge is 0.319 e. The van der Waals surface area contributed by atoms with Gasteiger partial charge in [-0.1, -0.05) is 30.0 Å². The summed E-state index contributed by atoms with van der Waals surface area (Å²) < 4.78 is 18.5. The van der Waals surface area contributed by atoms with Crippen LogP contribution in [0.25, 0.3) is 5.69 Å². The van der Waals surface area contributed by atoms with Crippen LogP contribution in [0.1, 0.15) is 32.4 Å². The van der Waals surface area contributed by atoms with Crippen LogP contribution < -0.4 is 20.1 Å². The van der Waals surface area contributed by atoms with Crippen molar-refractivity contribution < 1.29 is 23.8 Å². The second-order valence-corrected chi connectivity index (χ2v) is 8.61. The summed E-state index contributed by atoms with van der Waals surface area (Å²) in [4.78, 5) is 26.0. The highest BCUT2D eigenvalue weighted by Crippen LogP contribution is 2.39. The molecular formula is C25H28N6O5S. The minimum absolute atomic E-state index is 0.181. The van der Waals surface area contributed by atoms with Crippen molar-refractivity contribution in [3.05, 3.63) is 65.2 Å². The van der Waals surface area contributed by atoms with Gasteiger partial charge in [-0.2, -0.15) is 4.68 Å². The van der Waals surface area contributed by atoms with E-state index in [0.29, 0.717) is 41.1 Å². The first kappa shape index (κ1) is 26.0. The Balaban J connectivity index is 1.73. The van der Waals surface area contributed by atoms with E-state index in [1.165, 1.54) is 11.8 Å². The van der Waals surface area contributed by atoms with E-state index in [1.54, 1.807) is 35.2 Å². The zero-order valence-electron chi connectivity index (χ0n) is 20.7. The molecule has 37 heavy (non-hydrogen) atoms. The first-order valence-corrected chi connectivity index (χ1v) is 12.8. The number of ether oxygens (including phenoxy) is 3. The summed E-state index contributed by atoms with van der Waals surface area (Å²) in [5.41, 5.74) is 1.73. The molecule has 0 radical (unpaired) electrons. The number of carbonyl (C=O) groups excluding carboxylic acids is 2. The van der Waals surface area contributed by atoms with Crippen LogP contribution in [0.3, 0.4) is 0 Å². The van der Waals surface area contributed by atoms with E-state index >= 15 is 0 Å². The first-order valence-electron chi connectivity index (χ1n) is 11.9. The Morgan fingerprint density at radius 1 is 1.08 bits per heavy atom. The standard InChI is InChI=1S/C25H28N6O5S/c1-4-34-17-12-13-20(35-5-2)18(14-17)22-21(23(32)36-6-3)19(26-24(33)27-22)15-37-25-28-29-30-31(25)16-10-8-7-9-11-16/h7-15,21-22H,4-6H2,1-3H3,(H2,26,27,33)/b19-15+/t21-,22+/m1/s1. The first-order chi connectivity index (χ1) is 18.0. The van der Waals surface area contributed by atoms with E-state index in [0.717, 1.165) is 5.69 Å². The summed E-state index contributed by atoms with van der Waals surface area (Å²) in [7, 11) is 0. The van der Waals surface area contributed by atoms with Gasteiger partial charge in [-0.15, -0.1) is 5.10 Å². The number of carbonyl (C=O) groups is 2. The number of para-hydroxylation sites is 1. The zero-order chi connectivity index (χ0) is 26.2. The van der Waals surface area contributed by atoms with E-state index in [9.17, 15) is 9.59 Å². The Morgan fingerprint density at radius 3 is 2.59 bits per heavy atom. The fraction of sp³-hybridized carbons (Fsp3) is 0.320. The molecule has 2 N–H and O–H groups in total. The molecule has 2 aromatic carbocycles. The molecule has 1 fully saturated rings. The Hall–Kier alpha value is -4.06. The second kappa shape index (κ2) is 12.3. The van der Waals surface area contributed by atoms with Crippen LogP contribution >= 0.6 is 11.8 Å². The maximum absolute atomic E-state index is 13.2. The van der Waals surface area contributed by atoms with E-state index in [1.807, 2.05) is 44.2 Å². The van der Waals surface area contributed by atoms with Gasteiger partial charge in [0.25, 0.3) is 0 Å². The molecule has 1 aliphatic rings. The van der Waals surface area contributed by atoms with Crippen LogP contribution in [0.2, 0.25) is 0 Å². The van der Waals surface area contributed by atoms with Crippen LogP contribution in [0.15, 0.2) is 64.8 Å². The third-order valence-corrected chi connectivity index (χ3v) is 6.25. The fourth-order valence-electron chi connectivity index (χ4n) is 3.92. The van der Waals surface area contributed by atoms with E-state index in [-0.39, 0.29) is 6.61 Å². The number of amides is 2. The molecule has 4 rings (SSSR count). The lowest BCUT2D eigenvalue weighted by molar-refractivity contribution is -0.147. The summed E-state index contributed by atoms with van der Waals surface area (Å²) in [6.07, 6.45) is 0. The van der Waals surface area contributed by atoms with Crippen molar-refractivity contribution in [3.63, 3.8) is 0 Å². The van der Waals surface area contributed by atoms with E-state index in [4.69, 9.17) is 14.2 Å². The third-order valence-electron chi connectivity index (χ3n) is 5.41. The van der Waals surface area contributed by atoms with Crippen LogP contribution in [0.5, 0.6) is 11.5 Å². The van der Waals surface area contributed by atoms with Gasteiger partial charge in [-0.3, -0.25) is 4.79 Å². The highest BCUT2D eigenvalue weighted by Gasteiger charge is 2.41. The highest BCUT2D eigenvalue weighted by molar-refractivity contribution is 8.02. The highest BCUT2D eigenvalue weighted by atomic mass is 32.2. The van der Waals surface area contributed by atoms with Crippen molar-refractivity contribution in [1.29, 1.82) is 0 Å².